The zero-order valence-corrected chi connectivity index (χ0v) is 33.8. The molecule has 0 aliphatic heterocycles. The fourth-order valence-corrected chi connectivity index (χ4v) is 9.72. The highest BCUT2D eigenvalue weighted by Crippen LogP contribution is 2.50. The first kappa shape index (κ1) is 35.7. The summed E-state index contributed by atoms with van der Waals surface area (Å²) in [6.07, 6.45) is 0. The molecule has 0 spiro atoms. The van der Waals surface area contributed by atoms with E-state index in [4.69, 9.17) is 0 Å². The molecular formula is C59H43N. The van der Waals surface area contributed by atoms with Crippen molar-refractivity contribution in [3.05, 3.63) is 236 Å². The lowest BCUT2D eigenvalue weighted by molar-refractivity contribution is 0.660. The van der Waals surface area contributed by atoms with Crippen LogP contribution in [-0.2, 0) is 5.41 Å². The predicted octanol–water partition coefficient (Wildman–Crippen LogP) is 16.4. The van der Waals surface area contributed by atoms with E-state index < -0.39 is 0 Å². The number of hydrogen-bond acceptors (Lipinski definition) is 1. The maximum absolute atomic E-state index is 2.44. The zero-order valence-electron chi connectivity index (χ0n) is 33.8. The van der Waals surface area contributed by atoms with Gasteiger partial charge in [0.15, 0.2) is 0 Å². The van der Waals surface area contributed by atoms with Gasteiger partial charge in [0.25, 0.3) is 0 Å². The minimum absolute atomic E-state index is 0.0561. The molecule has 0 saturated heterocycles. The molecule has 0 heterocycles. The van der Waals surface area contributed by atoms with Gasteiger partial charge in [-0.15, -0.1) is 0 Å². The SMILES string of the molecule is CC1(C)c2ccccc2-c2ccc(-c3ccc(N(c4cccc(-c5cccc6ccccc56)c4)c4ccccc4-c4cccc5cccc(-c6ccccc6)c45)cc3)cc21. The normalized spacial score (nSPS) is 12.6. The van der Waals surface area contributed by atoms with Gasteiger partial charge in [0, 0.05) is 22.4 Å². The van der Waals surface area contributed by atoms with Crippen LogP contribution in [0.5, 0.6) is 0 Å². The summed E-state index contributed by atoms with van der Waals surface area (Å²) in [5.74, 6) is 0. The molecule has 1 nitrogen and oxygen atoms in total. The topological polar surface area (TPSA) is 3.24 Å². The van der Waals surface area contributed by atoms with E-state index in [2.05, 4.69) is 243 Å². The Balaban J connectivity index is 1.08. The molecule has 1 heteroatoms. The Morgan fingerprint density at radius 1 is 0.317 bits per heavy atom. The highest BCUT2D eigenvalue weighted by molar-refractivity contribution is 6.09. The number of rotatable bonds is 7. The van der Waals surface area contributed by atoms with Gasteiger partial charge in [-0.25, -0.2) is 0 Å². The molecule has 0 fully saturated rings. The number of fused-ring (bicyclic) bond motifs is 5. The fourth-order valence-electron chi connectivity index (χ4n) is 9.72. The van der Waals surface area contributed by atoms with Crippen molar-refractivity contribution < 1.29 is 0 Å². The molecule has 0 bridgehead atoms. The van der Waals surface area contributed by atoms with Gasteiger partial charge in [-0.3, -0.25) is 0 Å². The molecule has 1 aliphatic rings. The number of anilines is 3. The lowest BCUT2D eigenvalue weighted by Crippen LogP contribution is -2.14. The Morgan fingerprint density at radius 2 is 0.900 bits per heavy atom. The Hall–Kier alpha value is -7.48. The maximum atomic E-state index is 2.44. The van der Waals surface area contributed by atoms with Crippen molar-refractivity contribution >= 4 is 38.6 Å². The Kier molecular flexibility index (Phi) is 8.57. The van der Waals surface area contributed by atoms with Crippen molar-refractivity contribution in [1.29, 1.82) is 0 Å². The van der Waals surface area contributed by atoms with Crippen LogP contribution in [0.15, 0.2) is 224 Å². The van der Waals surface area contributed by atoms with E-state index in [-0.39, 0.29) is 5.41 Å². The number of para-hydroxylation sites is 1. The fraction of sp³-hybridized carbons (Fsp3) is 0.0508. The molecule has 11 rings (SSSR count). The molecule has 0 amide bonds. The van der Waals surface area contributed by atoms with Gasteiger partial charge in [-0.05, 0) is 119 Å². The van der Waals surface area contributed by atoms with E-state index in [1.54, 1.807) is 0 Å². The van der Waals surface area contributed by atoms with Crippen LogP contribution in [0.2, 0.25) is 0 Å². The molecular weight excluding hydrogens is 723 g/mol. The van der Waals surface area contributed by atoms with Crippen molar-refractivity contribution in [2.75, 3.05) is 4.90 Å². The highest BCUT2D eigenvalue weighted by atomic mass is 15.1. The van der Waals surface area contributed by atoms with Gasteiger partial charge in [0.05, 0.1) is 5.69 Å². The van der Waals surface area contributed by atoms with Crippen LogP contribution in [0.1, 0.15) is 25.0 Å². The van der Waals surface area contributed by atoms with Gasteiger partial charge >= 0.3 is 0 Å². The molecule has 10 aromatic rings. The van der Waals surface area contributed by atoms with Gasteiger partial charge in [-0.1, -0.05) is 202 Å². The third kappa shape index (κ3) is 5.93. The molecule has 1 aliphatic carbocycles. The molecule has 284 valence electrons. The van der Waals surface area contributed by atoms with Crippen molar-refractivity contribution in [1.82, 2.24) is 0 Å². The zero-order chi connectivity index (χ0) is 40.2. The number of hydrogen-bond donors (Lipinski definition) is 0. The maximum Gasteiger partial charge on any atom is 0.0540 e. The van der Waals surface area contributed by atoms with Crippen LogP contribution in [0.25, 0.3) is 77.2 Å². The average molecular weight is 766 g/mol. The van der Waals surface area contributed by atoms with Crippen molar-refractivity contribution in [3.8, 4) is 55.6 Å². The van der Waals surface area contributed by atoms with Gasteiger partial charge in [0.1, 0.15) is 0 Å². The van der Waals surface area contributed by atoms with Gasteiger partial charge < -0.3 is 4.90 Å². The van der Waals surface area contributed by atoms with E-state index in [0.29, 0.717) is 0 Å². The van der Waals surface area contributed by atoms with E-state index in [0.717, 1.165) is 17.1 Å². The standard InChI is InChI=1S/C59H43N/c1-59(2)55-30-10-8-25-51(55)52-37-34-44(39-56(52)59)40-32-35-46(36-33-40)60(47-23-12-22-45(38-47)49-27-13-19-41-18-6-7-24-48(41)49)57-31-11-9-26-53(57)54-29-15-21-43-20-14-28-50(58(43)54)42-16-4-3-5-17-42/h3-39H,1-2H3. The summed E-state index contributed by atoms with van der Waals surface area (Å²) in [6.45, 7) is 4.70. The van der Waals surface area contributed by atoms with E-state index in [1.807, 2.05) is 0 Å². The minimum atomic E-state index is -0.0561. The quantitative estimate of drug-likeness (QED) is 0.156. The van der Waals surface area contributed by atoms with Gasteiger partial charge in [-0.2, -0.15) is 0 Å². The predicted molar refractivity (Wildman–Crippen MR) is 255 cm³/mol. The lowest BCUT2D eigenvalue weighted by atomic mass is 9.81. The Labute approximate surface area is 352 Å². The lowest BCUT2D eigenvalue weighted by Gasteiger charge is -2.29. The van der Waals surface area contributed by atoms with Crippen molar-refractivity contribution in [2.45, 2.75) is 19.3 Å². The smallest absolute Gasteiger partial charge is 0.0540 e. The number of nitrogens with zero attached hydrogens (tertiary/aromatic N) is 1. The first-order valence-electron chi connectivity index (χ1n) is 20.9. The third-order valence-electron chi connectivity index (χ3n) is 12.7. The summed E-state index contributed by atoms with van der Waals surface area (Å²) in [4.78, 5) is 2.44. The summed E-state index contributed by atoms with van der Waals surface area (Å²) in [7, 11) is 0. The largest absolute Gasteiger partial charge is 0.310 e. The summed E-state index contributed by atoms with van der Waals surface area (Å²) < 4.78 is 0. The second-order valence-electron chi connectivity index (χ2n) is 16.5. The second-order valence-corrected chi connectivity index (χ2v) is 16.5. The molecule has 0 radical (unpaired) electrons. The molecule has 10 aromatic carbocycles. The van der Waals surface area contributed by atoms with E-state index in [9.17, 15) is 0 Å². The summed E-state index contributed by atoms with van der Waals surface area (Å²) in [5, 5.41) is 4.96. The molecule has 0 aromatic heterocycles. The molecule has 0 atom stereocenters. The summed E-state index contributed by atoms with van der Waals surface area (Å²) in [6, 6.07) is 82.4. The molecule has 60 heavy (non-hydrogen) atoms. The highest BCUT2D eigenvalue weighted by Gasteiger charge is 2.35. The van der Waals surface area contributed by atoms with Crippen LogP contribution < -0.4 is 4.90 Å². The van der Waals surface area contributed by atoms with Crippen LogP contribution >= 0.6 is 0 Å². The first-order chi connectivity index (χ1) is 29.5. The Morgan fingerprint density at radius 3 is 1.73 bits per heavy atom. The average Bonchev–Trinajstić information content (AvgIpc) is 3.54. The summed E-state index contributed by atoms with van der Waals surface area (Å²) in [5.41, 5.74) is 18.4. The van der Waals surface area contributed by atoms with E-state index in [1.165, 1.54) is 88.3 Å². The Bertz CT molecular complexity index is 3220. The second kappa shape index (κ2) is 14.4. The molecule has 0 unspecified atom stereocenters. The monoisotopic (exact) mass is 765 g/mol. The van der Waals surface area contributed by atoms with Crippen molar-refractivity contribution in [3.63, 3.8) is 0 Å². The van der Waals surface area contributed by atoms with Crippen LogP contribution in [0.4, 0.5) is 17.1 Å². The number of benzene rings is 10. The van der Waals surface area contributed by atoms with Crippen molar-refractivity contribution in [2.24, 2.45) is 0 Å². The summed E-state index contributed by atoms with van der Waals surface area (Å²) >= 11 is 0. The van der Waals surface area contributed by atoms with E-state index >= 15 is 0 Å². The third-order valence-corrected chi connectivity index (χ3v) is 12.7. The molecule has 0 N–H and O–H groups in total. The molecule has 0 saturated carbocycles. The van der Waals surface area contributed by atoms with Crippen LogP contribution in [0.3, 0.4) is 0 Å². The van der Waals surface area contributed by atoms with Gasteiger partial charge in [0.2, 0.25) is 0 Å². The minimum Gasteiger partial charge on any atom is -0.310 e. The van der Waals surface area contributed by atoms with Crippen LogP contribution in [0, 0.1) is 0 Å². The first-order valence-corrected chi connectivity index (χ1v) is 20.9. The van der Waals surface area contributed by atoms with Crippen LogP contribution in [-0.4, -0.2) is 0 Å².